The molecule has 9 heteroatoms. The van der Waals surface area contributed by atoms with Gasteiger partial charge in [0, 0.05) is 6.42 Å². The molecule has 0 spiro atoms. The van der Waals surface area contributed by atoms with Gasteiger partial charge in [0.1, 0.15) is 12.2 Å². The maximum atomic E-state index is 14.3. The topological polar surface area (TPSA) is 114 Å². The summed E-state index contributed by atoms with van der Waals surface area (Å²) in [6.45, 7) is 3.66. The molecule has 0 aliphatic carbocycles. The normalized spacial score (nSPS) is 24.9. The van der Waals surface area contributed by atoms with Crippen LogP contribution >= 0.6 is 0 Å². The number of amides is 1. The number of hydrogen-bond donors (Lipinski definition) is 3. The van der Waals surface area contributed by atoms with Crippen LogP contribution in [-0.4, -0.2) is 44.0 Å². The third kappa shape index (κ3) is 5.57. The molecule has 8 nitrogen and oxygen atoms in total. The van der Waals surface area contributed by atoms with Crippen LogP contribution in [0, 0.1) is 5.82 Å². The maximum absolute atomic E-state index is 14.3. The van der Waals surface area contributed by atoms with Gasteiger partial charge in [0.25, 0.3) is 0 Å². The lowest BCUT2D eigenvalue weighted by Crippen LogP contribution is -2.36. The van der Waals surface area contributed by atoms with E-state index in [0.29, 0.717) is 6.42 Å². The van der Waals surface area contributed by atoms with Crippen LogP contribution in [0.1, 0.15) is 65.0 Å². The molecule has 0 saturated carbocycles. The van der Waals surface area contributed by atoms with Crippen LogP contribution in [0.4, 0.5) is 10.2 Å². The van der Waals surface area contributed by atoms with E-state index in [4.69, 9.17) is 4.74 Å². The molecule has 1 aliphatic heterocycles. The van der Waals surface area contributed by atoms with Crippen LogP contribution in [0.15, 0.2) is 11.0 Å². The minimum atomic E-state index is -1.38. The van der Waals surface area contributed by atoms with Crippen molar-refractivity contribution in [1.82, 2.24) is 9.55 Å². The molecular formula is C18H28FN3O5. The smallest absolute Gasteiger partial charge is 0.351 e. The number of unbranched alkanes of at least 4 members (excludes halogenated alkanes) is 5. The number of aromatic nitrogens is 2. The summed E-state index contributed by atoms with van der Waals surface area (Å²) in [5, 5.41) is 22.0. The first-order valence-electron chi connectivity index (χ1n) is 9.45. The van der Waals surface area contributed by atoms with Gasteiger partial charge in [-0.05, 0) is 13.3 Å². The highest BCUT2D eigenvalue weighted by Gasteiger charge is 2.42. The standard InChI is InChI=1S/C18H28FN3O5/c1-3-4-5-6-7-8-9-13(23)20-16-12(19)10-22(18(26)21-16)17-15(25)14(24)11(2)27-17/h10-11,14-15,17,24-25H,3-9H2,1-2H3,(H,20,21,23,26)/t11-,14-,15-,17-/m1/s1. The molecule has 152 valence electrons. The van der Waals surface area contributed by atoms with Gasteiger partial charge in [-0.25, -0.2) is 9.18 Å². The first-order valence-corrected chi connectivity index (χ1v) is 9.45. The number of anilines is 1. The third-order valence-corrected chi connectivity index (χ3v) is 4.67. The number of halogens is 1. The summed E-state index contributed by atoms with van der Waals surface area (Å²) in [4.78, 5) is 27.6. The van der Waals surface area contributed by atoms with Crippen molar-refractivity contribution in [2.45, 2.75) is 83.3 Å². The highest BCUT2D eigenvalue weighted by Crippen LogP contribution is 2.28. The van der Waals surface area contributed by atoms with E-state index in [2.05, 4.69) is 17.2 Å². The molecule has 1 aliphatic rings. The highest BCUT2D eigenvalue weighted by atomic mass is 19.1. The van der Waals surface area contributed by atoms with E-state index in [1.54, 1.807) is 0 Å². The Morgan fingerprint density at radius 1 is 1.26 bits per heavy atom. The van der Waals surface area contributed by atoms with Crippen molar-refractivity contribution in [2.24, 2.45) is 0 Å². The zero-order valence-electron chi connectivity index (χ0n) is 15.7. The monoisotopic (exact) mass is 385 g/mol. The Morgan fingerprint density at radius 3 is 2.56 bits per heavy atom. The molecule has 0 unspecified atom stereocenters. The lowest BCUT2D eigenvalue weighted by molar-refractivity contribution is -0.116. The number of aliphatic hydroxyl groups excluding tert-OH is 2. The molecular weight excluding hydrogens is 357 g/mol. The molecule has 1 aromatic heterocycles. The van der Waals surface area contributed by atoms with E-state index in [0.717, 1.165) is 36.4 Å². The summed E-state index contributed by atoms with van der Waals surface area (Å²) < 4.78 is 20.3. The van der Waals surface area contributed by atoms with Gasteiger partial charge in [-0.3, -0.25) is 9.36 Å². The molecule has 27 heavy (non-hydrogen) atoms. The van der Waals surface area contributed by atoms with E-state index >= 15 is 0 Å². The van der Waals surface area contributed by atoms with E-state index < -0.39 is 47.8 Å². The van der Waals surface area contributed by atoms with Crippen LogP contribution in [-0.2, 0) is 9.53 Å². The molecule has 1 saturated heterocycles. The lowest BCUT2D eigenvalue weighted by atomic mass is 10.1. The van der Waals surface area contributed by atoms with E-state index in [-0.39, 0.29) is 6.42 Å². The molecule has 2 heterocycles. The first kappa shape index (κ1) is 21.5. The number of carbonyl (C=O) groups is 1. The van der Waals surface area contributed by atoms with Crippen molar-refractivity contribution in [2.75, 3.05) is 5.32 Å². The van der Waals surface area contributed by atoms with Gasteiger partial charge in [0.2, 0.25) is 5.91 Å². The van der Waals surface area contributed by atoms with Crippen LogP contribution < -0.4 is 11.0 Å². The molecule has 3 N–H and O–H groups in total. The Morgan fingerprint density at radius 2 is 1.93 bits per heavy atom. The van der Waals surface area contributed by atoms with Crippen molar-refractivity contribution in [3.05, 3.63) is 22.5 Å². The van der Waals surface area contributed by atoms with Gasteiger partial charge in [-0.15, -0.1) is 0 Å². The molecule has 1 aromatic rings. The molecule has 4 atom stereocenters. The zero-order valence-corrected chi connectivity index (χ0v) is 15.7. The predicted molar refractivity (Wildman–Crippen MR) is 96.7 cm³/mol. The number of rotatable bonds is 9. The predicted octanol–water partition coefficient (Wildman–Crippen LogP) is 1.71. The number of nitrogens with one attached hydrogen (secondary N) is 1. The molecule has 0 radical (unpaired) electrons. The average Bonchev–Trinajstić information content (AvgIpc) is 2.88. The van der Waals surface area contributed by atoms with E-state index in [1.165, 1.54) is 13.3 Å². The van der Waals surface area contributed by atoms with Gasteiger partial charge >= 0.3 is 5.69 Å². The third-order valence-electron chi connectivity index (χ3n) is 4.67. The van der Waals surface area contributed by atoms with E-state index in [1.807, 2.05) is 0 Å². The van der Waals surface area contributed by atoms with Crippen molar-refractivity contribution in [1.29, 1.82) is 0 Å². The van der Waals surface area contributed by atoms with Crippen LogP contribution in [0.3, 0.4) is 0 Å². The minimum Gasteiger partial charge on any atom is -0.388 e. The fourth-order valence-corrected chi connectivity index (χ4v) is 3.03. The Hall–Kier alpha value is -1.84. The second kappa shape index (κ2) is 9.91. The summed E-state index contributed by atoms with van der Waals surface area (Å²) in [5.74, 6) is -1.78. The molecule has 0 bridgehead atoms. The fraction of sp³-hybridized carbons (Fsp3) is 0.722. The second-order valence-electron chi connectivity index (χ2n) is 6.91. The van der Waals surface area contributed by atoms with Gasteiger partial charge < -0.3 is 20.3 Å². The zero-order chi connectivity index (χ0) is 20.0. The number of aliphatic hydroxyl groups is 2. The summed E-state index contributed by atoms with van der Waals surface area (Å²) in [6.07, 6.45) is 2.63. The SMILES string of the molecule is CCCCCCCCC(=O)Nc1nc(=O)n([C@@H]2O[C@H](C)[C@@H](O)[C@H]2O)cc1F. The molecule has 0 aromatic carbocycles. The second-order valence-corrected chi connectivity index (χ2v) is 6.91. The van der Waals surface area contributed by atoms with Gasteiger partial charge in [-0.2, -0.15) is 4.98 Å². The Labute approximate surface area is 157 Å². The minimum absolute atomic E-state index is 0.227. The van der Waals surface area contributed by atoms with Gasteiger partial charge in [-0.1, -0.05) is 39.0 Å². The Balaban J connectivity index is 1.95. The van der Waals surface area contributed by atoms with Crippen molar-refractivity contribution in [3.63, 3.8) is 0 Å². The summed E-state index contributed by atoms with van der Waals surface area (Å²) in [5.41, 5.74) is -0.892. The van der Waals surface area contributed by atoms with Crippen LogP contribution in [0.25, 0.3) is 0 Å². The van der Waals surface area contributed by atoms with Gasteiger partial charge in [0.05, 0.1) is 12.3 Å². The Kier molecular flexibility index (Phi) is 7.88. The number of carbonyl (C=O) groups excluding carboxylic acids is 1. The van der Waals surface area contributed by atoms with Crippen molar-refractivity contribution in [3.8, 4) is 0 Å². The molecule has 2 rings (SSSR count). The van der Waals surface area contributed by atoms with Crippen LogP contribution in [0.5, 0.6) is 0 Å². The summed E-state index contributed by atoms with van der Waals surface area (Å²) in [6, 6.07) is 0. The highest BCUT2D eigenvalue weighted by molar-refractivity contribution is 5.89. The fourth-order valence-electron chi connectivity index (χ4n) is 3.03. The number of nitrogens with zero attached hydrogens (tertiary/aromatic N) is 2. The largest absolute Gasteiger partial charge is 0.388 e. The van der Waals surface area contributed by atoms with Crippen molar-refractivity contribution >= 4 is 11.7 Å². The molecule has 1 fully saturated rings. The molecule has 1 amide bonds. The van der Waals surface area contributed by atoms with Crippen molar-refractivity contribution < 1.29 is 24.1 Å². The summed E-state index contributed by atoms with van der Waals surface area (Å²) in [7, 11) is 0. The van der Waals surface area contributed by atoms with E-state index in [9.17, 15) is 24.2 Å². The summed E-state index contributed by atoms with van der Waals surface area (Å²) >= 11 is 0. The first-order chi connectivity index (χ1) is 12.8. The van der Waals surface area contributed by atoms with Gasteiger partial charge in [0.15, 0.2) is 17.9 Å². The number of ether oxygens (including phenoxy) is 1. The Bertz CT molecular complexity index is 696. The average molecular weight is 385 g/mol. The maximum Gasteiger partial charge on any atom is 0.351 e. The number of hydrogen-bond acceptors (Lipinski definition) is 6. The van der Waals surface area contributed by atoms with Crippen LogP contribution in [0.2, 0.25) is 0 Å². The lowest BCUT2D eigenvalue weighted by Gasteiger charge is -2.17. The quantitative estimate of drug-likeness (QED) is 0.558.